The summed E-state index contributed by atoms with van der Waals surface area (Å²) in [7, 11) is 1.66. The molecule has 0 aliphatic heterocycles. The maximum Gasteiger partial charge on any atom is 0.314 e. The number of thiol groups is 1. The van der Waals surface area contributed by atoms with Gasteiger partial charge in [-0.15, -0.1) is 0 Å². The fourth-order valence-electron chi connectivity index (χ4n) is 3.70. The van der Waals surface area contributed by atoms with E-state index in [-0.39, 0.29) is 11.9 Å². The van der Waals surface area contributed by atoms with Crippen molar-refractivity contribution in [3.63, 3.8) is 0 Å². The summed E-state index contributed by atoms with van der Waals surface area (Å²) in [5.41, 5.74) is 0. The lowest BCUT2D eigenvalue weighted by molar-refractivity contribution is -0.138. The van der Waals surface area contributed by atoms with Crippen LogP contribution in [0.3, 0.4) is 0 Å². The molecule has 2 rings (SSSR count). The zero-order valence-corrected chi connectivity index (χ0v) is 19.6. The van der Waals surface area contributed by atoms with Crippen LogP contribution in [0.2, 0.25) is 0 Å². The van der Waals surface area contributed by atoms with Crippen LogP contribution in [0.4, 0.5) is 0 Å². The van der Waals surface area contributed by atoms with Gasteiger partial charge in [-0.2, -0.15) is 12.6 Å². The molecule has 4 heteroatoms. The molecule has 1 atom stereocenters. The Kier molecular flexibility index (Phi) is 11.8. The molecule has 0 aliphatic rings. The van der Waals surface area contributed by atoms with E-state index in [1.807, 2.05) is 43.3 Å². The number of methoxy groups -OCH3 is 1. The monoisotopic (exact) mass is 430 g/mol. The topological polar surface area (TPSA) is 35.5 Å². The first-order chi connectivity index (χ1) is 14.6. The van der Waals surface area contributed by atoms with Crippen molar-refractivity contribution in [3.8, 4) is 11.5 Å². The Morgan fingerprint density at radius 1 is 0.800 bits per heavy atom. The highest BCUT2D eigenvalue weighted by molar-refractivity contribution is 7.80. The normalized spacial score (nSPS) is 12.1. The highest BCUT2D eigenvalue weighted by atomic mass is 32.1. The van der Waals surface area contributed by atoms with E-state index >= 15 is 0 Å². The zero-order valence-electron chi connectivity index (χ0n) is 18.7. The second kappa shape index (κ2) is 14.3. The predicted octanol–water partition coefficient (Wildman–Crippen LogP) is 7.61. The summed E-state index contributed by atoms with van der Waals surface area (Å²) in [5, 5.41) is 2.11. The van der Waals surface area contributed by atoms with Gasteiger partial charge in [0.15, 0.2) is 0 Å². The Hall–Kier alpha value is -1.68. The van der Waals surface area contributed by atoms with E-state index in [1.165, 1.54) is 57.8 Å². The van der Waals surface area contributed by atoms with Crippen molar-refractivity contribution in [1.29, 1.82) is 0 Å². The Morgan fingerprint density at radius 2 is 1.30 bits per heavy atom. The molecule has 0 heterocycles. The van der Waals surface area contributed by atoms with Crippen LogP contribution in [0.15, 0.2) is 36.4 Å². The minimum atomic E-state index is -0.135. The second-order valence-corrected chi connectivity index (χ2v) is 8.69. The van der Waals surface area contributed by atoms with Crippen LogP contribution < -0.4 is 9.47 Å². The molecule has 0 saturated heterocycles. The Labute approximate surface area is 187 Å². The third kappa shape index (κ3) is 8.99. The van der Waals surface area contributed by atoms with Crippen molar-refractivity contribution in [2.24, 2.45) is 5.92 Å². The maximum absolute atomic E-state index is 12.4. The van der Waals surface area contributed by atoms with Crippen molar-refractivity contribution < 1.29 is 14.3 Å². The van der Waals surface area contributed by atoms with E-state index in [9.17, 15) is 4.79 Å². The number of unbranched alkanes of at least 4 members (excludes halogenated alkanes) is 9. The summed E-state index contributed by atoms with van der Waals surface area (Å²) in [6, 6.07) is 11.6. The van der Waals surface area contributed by atoms with Crippen molar-refractivity contribution in [2.45, 2.75) is 77.6 Å². The lowest BCUT2D eigenvalue weighted by Gasteiger charge is -2.12. The maximum atomic E-state index is 12.4. The molecule has 0 saturated carbocycles. The molecule has 3 nitrogen and oxygen atoms in total. The summed E-state index contributed by atoms with van der Waals surface area (Å²) < 4.78 is 10.9. The Balaban J connectivity index is 1.60. The number of hydrogen-bond donors (Lipinski definition) is 1. The number of fused-ring (bicyclic) bond motifs is 1. The molecule has 0 N–H and O–H groups in total. The fourth-order valence-corrected chi connectivity index (χ4v) is 3.93. The summed E-state index contributed by atoms with van der Waals surface area (Å²) in [4.78, 5) is 12.4. The SMILES string of the molecule is COc1ccc2cc(OC(=O)[C@@H](C)CCCCCCCCCCCCS)ccc2c1. The Bertz CT molecular complexity index is 759. The van der Waals surface area contributed by atoms with Gasteiger partial charge in [-0.05, 0) is 53.6 Å². The van der Waals surface area contributed by atoms with E-state index in [1.54, 1.807) is 7.11 Å². The van der Waals surface area contributed by atoms with Crippen molar-refractivity contribution in [1.82, 2.24) is 0 Å². The minimum Gasteiger partial charge on any atom is -0.497 e. The second-order valence-electron chi connectivity index (χ2n) is 8.24. The van der Waals surface area contributed by atoms with Crippen molar-refractivity contribution in [2.75, 3.05) is 12.9 Å². The molecule has 2 aromatic rings. The molecule has 0 bridgehead atoms. The van der Waals surface area contributed by atoms with Gasteiger partial charge < -0.3 is 9.47 Å². The van der Waals surface area contributed by atoms with Crippen LogP contribution in [0.1, 0.15) is 77.6 Å². The third-order valence-corrected chi connectivity index (χ3v) is 6.00. The molecule has 2 aromatic carbocycles. The van der Waals surface area contributed by atoms with Gasteiger partial charge in [-0.25, -0.2) is 0 Å². The van der Waals surface area contributed by atoms with Crippen LogP contribution in [-0.2, 0) is 4.79 Å². The zero-order chi connectivity index (χ0) is 21.6. The summed E-state index contributed by atoms with van der Waals surface area (Å²) >= 11 is 4.25. The van der Waals surface area contributed by atoms with Gasteiger partial charge in [-0.1, -0.05) is 76.8 Å². The van der Waals surface area contributed by atoms with Crippen LogP contribution in [-0.4, -0.2) is 18.8 Å². The number of esters is 1. The molecule has 0 spiro atoms. The summed E-state index contributed by atoms with van der Waals surface area (Å²) in [5.74, 6) is 2.25. The standard InChI is InChI=1S/C26H38O3S/c1-21(13-11-9-7-5-3-4-6-8-10-12-18-30)26(27)29-25-17-15-22-19-24(28-2)16-14-23(22)20-25/h14-17,19-21,30H,3-13,18H2,1-2H3/t21-/m0/s1. The predicted molar refractivity (Wildman–Crippen MR) is 130 cm³/mol. The lowest BCUT2D eigenvalue weighted by atomic mass is 10.0. The highest BCUT2D eigenvalue weighted by Gasteiger charge is 2.15. The number of ether oxygens (including phenoxy) is 2. The van der Waals surface area contributed by atoms with E-state index in [0.717, 1.165) is 35.1 Å². The summed E-state index contributed by atoms with van der Waals surface area (Å²) in [6.45, 7) is 1.97. The van der Waals surface area contributed by atoms with Crippen molar-refractivity contribution >= 4 is 29.4 Å². The number of hydrogen-bond acceptors (Lipinski definition) is 4. The largest absolute Gasteiger partial charge is 0.497 e. The first-order valence-corrected chi connectivity index (χ1v) is 12.2. The number of benzene rings is 2. The summed E-state index contributed by atoms with van der Waals surface area (Å²) in [6.07, 6.45) is 13.8. The smallest absolute Gasteiger partial charge is 0.314 e. The lowest BCUT2D eigenvalue weighted by Crippen LogP contribution is -2.17. The fraction of sp³-hybridized carbons (Fsp3) is 0.577. The van der Waals surface area contributed by atoms with Gasteiger partial charge >= 0.3 is 5.97 Å². The molecule has 0 unspecified atom stereocenters. The molecular formula is C26H38O3S. The molecule has 30 heavy (non-hydrogen) atoms. The van der Waals surface area contributed by atoms with Crippen LogP contribution in [0, 0.1) is 5.92 Å². The molecule has 166 valence electrons. The molecule has 0 aromatic heterocycles. The first-order valence-electron chi connectivity index (χ1n) is 11.5. The molecule has 0 fully saturated rings. The molecule has 0 amide bonds. The van der Waals surface area contributed by atoms with E-state index < -0.39 is 0 Å². The van der Waals surface area contributed by atoms with Gasteiger partial charge in [-0.3, -0.25) is 4.79 Å². The molecule has 0 radical (unpaired) electrons. The Morgan fingerprint density at radius 3 is 1.87 bits per heavy atom. The van der Waals surface area contributed by atoms with E-state index in [0.29, 0.717) is 5.75 Å². The van der Waals surface area contributed by atoms with E-state index in [2.05, 4.69) is 12.6 Å². The van der Waals surface area contributed by atoms with Crippen molar-refractivity contribution in [3.05, 3.63) is 36.4 Å². The number of carbonyl (C=O) groups is 1. The first kappa shape index (κ1) is 24.6. The quantitative estimate of drug-likeness (QED) is 0.137. The van der Waals surface area contributed by atoms with Crippen LogP contribution >= 0.6 is 12.6 Å². The van der Waals surface area contributed by atoms with Crippen LogP contribution in [0.25, 0.3) is 10.8 Å². The average molecular weight is 431 g/mol. The van der Waals surface area contributed by atoms with E-state index in [4.69, 9.17) is 9.47 Å². The number of carbonyl (C=O) groups excluding carboxylic acids is 1. The third-order valence-electron chi connectivity index (χ3n) is 5.68. The molecular weight excluding hydrogens is 392 g/mol. The van der Waals surface area contributed by atoms with Gasteiger partial charge in [0.25, 0.3) is 0 Å². The minimum absolute atomic E-state index is 0.0663. The molecule has 0 aliphatic carbocycles. The number of rotatable bonds is 15. The van der Waals surface area contributed by atoms with Gasteiger partial charge in [0.05, 0.1) is 13.0 Å². The van der Waals surface area contributed by atoms with Gasteiger partial charge in [0.2, 0.25) is 0 Å². The van der Waals surface area contributed by atoms with Gasteiger partial charge in [0.1, 0.15) is 11.5 Å². The average Bonchev–Trinajstić information content (AvgIpc) is 2.76. The van der Waals surface area contributed by atoms with Gasteiger partial charge in [0, 0.05) is 0 Å². The highest BCUT2D eigenvalue weighted by Crippen LogP contribution is 2.25. The van der Waals surface area contributed by atoms with Crippen LogP contribution in [0.5, 0.6) is 11.5 Å².